The van der Waals surface area contributed by atoms with Crippen LogP contribution in [0.5, 0.6) is 0 Å². The Morgan fingerprint density at radius 2 is 1.59 bits per heavy atom. The van der Waals surface area contributed by atoms with Crippen molar-refractivity contribution in [1.29, 1.82) is 0 Å². The van der Waals surface area contributed by atoms with E-state index < -0.39 is 23.8 Å². The number of carbonyl (C=O) groups is 3. The van der Waals surface area contributed by atoms with Gasteiger partial charge in [-0.25, -0.2) is 4.79 Å². The lowest BCUT2D eigenvalue weighted by molar-refractivity contribution is -0.149. The molecule has 6 nitrogen and oxygen atoms in total. The summed E-state index contributed by atoms with van der Waals surface area (Å²) < 4.78 is 10.1. The van der Waals surface area contributed by atoms with Crippen LogP contribution in [0.1, 0.15) is 42.1 Å². The first-order valence-corrected chi connectivity index (χ1v) is 8.83. The van der Waals surface area contributed by atoms with Gasteiger partial charge in [0.25, 0.3) is 5.91 Å². The van der Waals surface area contributed by atoms with Crippen LogP contribution < -0.4 is 5.32 Å². The van der Waals surface area contributed by atoms with E-state index in [1.165, 1.54) is 0 Å². The Kier molecular flexibility index (Phi) is 7.55. The van der Waals surface area contributed by atoms with E-state index in [4.69, 9.17) is 9.47 Å². The number of hydrogen-bond donors (Lipinski definition) is 1. The molecular formula is C21H23NO5. The first-order chi connectivity index (χ1) is 13.0. The van der Waals surface area contributed by atoms with Gasteiger partial charge in [-0.1, -0.05) is 37.3 Å². The van der Waals surface area contributed by atoms with E-state index in [2.05, 4.69) is 5.32 Å². The Balaban J connectivity index is 1.86. The molecule has 2 aromatic carbocycles. The van der Waals surface area contributed by atoms with E-state index in [0.29, 0.717) is 24.3 Å². The summed E-state index contributed by atoms with van der Waals surface area (Å²) in [5.41, 5.74) is 1.76. The maximum atomic E-state index is 12.3. The van der Waals surface area contributed by atoms with Crippen LogP contribution in [0.25, 0.3) is 0 Å². The molecule has 0 saturated heterocycles. The van der Waals surface area contributed by atoms with Crippen LogP contribution in [0.2, 0.25) is 0 Å². The average molecular weight is 369 g/mol. The molecule has 0 aliphatic heterocycles. The monoisotopic (exact) mass is 369 g/mol. The molecule has 0 unspecified atom stereocenters. The van der Waals surface area contributed by atoms with Gasteiger partial charge in [-0.3, -0.25) is 9.59 Å². The van der Waals surface area contributed by atoms with E-state index in [1.807, 2.05) is 37.3 Å². The standard InChI is InChI=1S/C21H23NO5/c1-3-18(15-8-6-5-7-9-15)21(25)27-14-19(23)22-17-12-10-16(11-13-17)20(24)26-4-2/h5-13,18H,3-4,14H2,1-2H3,(H,22,23)/t18-/m1/s1. The van der Waals surface area contributed by atoms with Gasteiger partial charge in [-0.05, 0) is 43.2 Å². The van der Waals surface area contributed by atoms with Gasteiger partial charge >= 0.3 is 11.9 Å². The summed E-state index contributed by atoms with van der Waals surface area (Å²) in [6, 6.07) is 15.6. The minimum atomic E-state index is -0.449. The first-order valence-electron chi connectivity index (χ1n) is 8.83. The van der Waals surface area contributed by atoms with E-state index in [-0.39, 0.29) is 6.61 Å². The van der Waals surface area contributed by atoms with Crippen molar-refractivity contribution in [3.63, 3.8) is 0 Å². The maximum absolute atomic E-state index is 12.3. The fourth-order valence-corrected chi connectivity index (χ4v) is 2.56. The largest absolute Gasteiger partial charge is 0.462 e. The normalized spacial score (nSPS) is 11.3. The SMILES string of the molecule is CCOC(=O)c1ccc(NC(=O)COC(=O)[C@H](CC)c2ccccc2)cc1. The lowest BCUT2D eigenvalue weighted by Gasteiger charge is -2.14. The third-order valence-electron chi connectivity index (χ3n) is 3.92. The number of hydrogen-bond acceptors (Lipinski definition) is 5. The Morgan fingerprint density at radius 3 is 2.19 bits per heavy atom. The number of esters is 2. The van der Waals surface area contributed by atoms with Crippen molar-refractivity contribution >= 4 is 23.5 Å². The first kappa shape index (κ1) is 20.2. The fraction of sp³-hybridized carbons (Fsp3) is 0.286. The number of ether oxygens (including phenoxy) is 2. The van der Waals surface area contributed by atoms with Crippen molar-refractivity contribution < 1.29 is 23.9 Å². The molecule has 0 aliphatic rings. The van der Waals surface area contributed by atoms with Crippen molar-refractivity contribution in [1.82, 2.24) is 0 Å². The zero-order valence-corrected chi connectivity index (χ0v) is 15.4. The second-order valence-electron chi connectivity index (χ2n) is 5.83. The van der Waals surface area contributed by atoms with Crippen molar-refractivity contribution in [3.05, 3.63) is 65.7 Å². The van der Waals surface area contributed by atoms with Crippen LogP contribution in [-0.4, -0.2) is 31.1 Å². The molecule has 0 aromatic heterocycles. The molecule has 2 rings (SSSR count). The minimum Gasteiger partial charge on any atom is -0.462 e. The molecule has 0 aliphatic carbocycles. The Labute approximate surface area is 158 Å². The van der Waals surface area contributed by atoms with Crippen LogP contribution in [-0.2, 0) is 19.1 Å². The van der Waals surface area contributed by atoms with Crippen molar-refractivity contribution in [3.8, 4) is 0 Å². The van der Waals surface area contributed by atoms with Gasteiger partial charge in [0, 0.05) is 5.69 Å². The average Bonchev–Trinajstić information content (AvgIpc) is 2.68. The highest BCUT2D eigenvalue weighted by Gasteiger charge is 2.21. The molecule has 0 fully saturated rings. The summed E-state index contributed by atoms with van der Waals surface area (Å²) in [5, 5.41) is 2.62. The van der Waals surface area contributed by atoms with Gasteiger partial charge in [-0.2, -0.15) is 0 Å². The van der Waals surface area contributed by atoms with E-state index >= 15 is 0 Å². The minimum absolute atomic E-state index is 0.296. The van der Waals surface area contributed by atoms with Crippen LogP contribution in [0.3, 0.4) is 0 Å². The number of carbonyl (C=O) groups excluding carboxylic acids is 3. The van der Waals surface area contributed by atoms with Gasteiger partial charge in [0.05, 0.1) is 18.1 Å². The molecule has 27 heavy (non-hydrogen) atoms. The molecule has 0 bridgehead atoms. The highest BCUT2D eigenvalue weighted by Crippen LogP contribution is 2.20. The molecule has 1 N–H and O–H groups in total. The van der Waals surface area contributed by atoms with E-state index in [0.717, 1.165) is 5.56 Å². The van der Waals surface area contributed by atoms with Crippen LogP contribution in [0.4, 0.5) is 5.69 Å². The highest BCUT2D eigenvalue weighted by molar-refractivity contribution is 5.94. The Morgan fingerprint density at radius 1 is 0.926 bits per heavy atom. The second kappa shape index (κ2) is 10.1. The summed E-state index contributed by atoms with van der Waals surface area (Å²) in [4.78, 5) is 35.9. The lowest BCUT2D eigenvalue weighted by atomic mass is 9.97. The zero-order valence-electron chi connectivity index (χ0n) is 15.4. The summed E-state index contributed by atoms with van der Waals surface area (Å²) in [5.74, 6) is -1.70. The topological polar surface area (TPSA) is 81.7 Å². The highest BCUT2D eigenvalue weighted by atomic mass is 16.5. The van der Waals surface area contributed by atoms with Crippen molar-refractivity contribution in [2.75, 3.05) is 18.5 Å². The zero-order chi connectivity index (χ0) is 19.6. The third-order valence-corrected chi connectivity index (χ3v) is 3.92. The second-order valence-corrected chi connectivity index (χ2v) is 5.83. The fourth-order valence-electron chi connectivity index (χ4n) is 2.56. The smallest absolute Gasteiger partial charge is 0.338 e. The number of amides is 1. The van der Waals surface area contributed by atoms with Gasteiger partial charge in [0.2, 0.25) is 0 Å². The predicted molar refractivity (Wildman–Crippen MR) is 101 cm³/mol. The van der Waals surface area contributed by atoms with Gasteiger partial charge in [0.1, 0.15) is 0 Å². The number of benzene rings is 2. The predicted octanol–water partition coefficient (Wildman–Crippen LogP) is 3.54. The third kappa shape index (κ3) is 5.95. The molecular weight excluding hydrogens is 346 g/mol. The molecule has 2 aromatic rings. The number of rotatable bonds is 8. The van der Waals surface area contributed by atoms with Crippen LogP contribution in [0.15, 0.2) is 54.6 Å². The molecule has 0 radical (unpaired) electrons. The molecule has 0 heterocycles. The van der Waals surface area contributed by atoms with Crippen LogP contribution >= 0.6 is 0 Å². The summed E-state index contributed by atoms with van der Waals surface area (Å²) >= 11 is 0. The summed E-state index contributed by atoms with van der Waals surface area (Å²) in [6.45, 7) is 3.55. The van der Waals surface area contributed by atoms with Crippen molar-refractivity contribution in [2.45, 2.75) is 26.2 Å². The quantitative estimate of drug-likeness (QED) is 0.720. The lowest BCUT2D eigenvalue weighted by Crippen LogP contribution is -2.23. The van der Waals surface area contributed by atoms with Gasteiger partial charge in [-0.15, -0.1) is 0 Å². The summed E-state index contributed by atoms with van der Waals surface area (Å²) in [7, 11) is 0. The molecule has 1 amide bonds. The van der Waals surface area contributed by atoms with Crippen molar-refractivity contribution in [2.24, 2.45) is 0 Å². The molecule has 6 heteroatoms. The molecule has 0 saturated carbocycles. The summed E-state index contributed by atoms with van der Waals surface area (Å²) in [6.07, 6.45) is 0.583. The van der Waals surface area contributed by atoms with Crippen LogP contribution in [0, 0.1) is 0 Å². The van der Waals surface area contributed by atoms with Gasteiger partial charge < -0.3 is 14.8 Å². The van der Waals surface area contributed by atoms with Gasteiger partial charge in [0.15, 0.2) is 6.61 Å². The number of nitrogens with one attached hydrogen (secondary N) is 1. The Bertz CT molecular complexity index is 771. The Hall–Kier alpha value is -3.15. The maximum Gasteiger partial charge on any atom is 0.338 e. The molecule has 1 atom stereocenters. The van der Waals surface area contributed by atoms with E-state index in [9.17, 15) is 14.4 Å². The molecule has 0 spiro atoms. The molecule has 142 valence electrons. The number of anilines is 1. The van der Waals surface area contributed by atoms with E-state index in [1.54, 1.807) is 31.2 Å².